The predicted molar refractivity (Wildman–Crippen MR) is 77.7 cm³/mol. The van der Waals surface area contributed by atoms with E-state index in [4.69, 9.17) is 10.5 Å². The molecular weight excluding hydrogens is 362 g/mol. The number of ether oxygens (including phenoxy) is 1. The van der Waals surface area contributed by atoms with Gasteiger partial charge in [-0.15, -0.1) is 0 Å². The van der Waals surface area contributed by atoms with Crippen LogP contribution < -0.4 is 10.5 Å². The Labute approximate surface area is 122 Å². The predicted octanol–water partition coefficient (Wildman–Crippen LogP) is 3.94. The molecule has 0 unspecified atom stereocenters. The van der Waals surface area contributed by atoms with E-state index in [9.17, 15) is 0 Å². The number of benzene rings is 1. The Morgan fingerprint density at radius 3 is 2.72 bits per heavy atom. The molecule has 6 heteroatoms. The van der Waals surface area contributed by atoms with E-state index in [1.54, 1.807) is 0 Å². The Hall–Kier alpha value is -1.14. The van der Waals surface area contributed by atoms with Crippen molar-refractivity contribution >= 4 is 37.7 Å². The number of halogens is 2. The molecule has 0 atom stereocenters. The van der Waals surface area contributed by atoms with Crippen LogP contribution in [0.4, 0.5) is 5.82 Å². The molecule has 0 saturated heterocycles. The molecule has 0 spiro atoms. The van der Waals surface area contributed by atoms with Gasteiger partial charge in [-0.3, -0.25) is 0 Å². The van der Waals surface area contributed by atoms with Crippen LogP contribution in [0, 0.1) is 0 Å². The molecule has 94 valence electrons. The molecule has 1 heterocycles. The van der Waals surface area contributed by atoms with E-state index in [0.717, 1.165) is 20.9 Å². The maximum absolute atomic E-state index is 5.80. The number of hydrogen-bond acceptors (Lipinski definition) is 4. The molecule has 0 bridgehead atoms. The van der Waals surface area contributed by atoms with Gasteiger partial charge in [-0.1, -0.05) is 22.9 Å². The highest BCUT2D eigenvalue weighted by Gasteiger charge is 2.11. The van der Waals surface area contributed by atoms with Crippen molar-refractivity contribution in [2.75, 3.05) is 5.73 Å². The van der Waals surface area contributed by atoms with Gasteiger partial charge in [0.15, 0.2) is 0 Å². The lowest BCUT2D eigenvalue weighted by Crippen LogP contribution is -2.01. The van der Waals surface area contributed by atoms with Crippen molar-refractivity contribution in [2.45, 2.75) is 13.3 Å². The third-order valence-corrected chi connectivity index (χ3v) is 3.51. The lowest BCUT2D eigenvalue weighted by Gasteiger charge is -2.11. The lowest BCUT2D eigenvalue weighted by atomic mass is 10.2. The quantitative estimate of drug-likeness (QED) is 0.886. The molecule has 1 aromatic carbocycles. The van der Waals surface area contributed by atoms with Gasteiger partial charge in [0.1, 0.15) is 17.9 Å². The molecule has 2 aromatic rings. The fourth-order valence-corrected chi connectivity index (χ4v) is 2.62. The summed E-state index contributed by atoms with van der Waals surface area (Å²) in [6, 6.07) is 5.66. The second-order valence-electron chi connectivity index (χ2n) is 3.57. The first-order chi connectivity index (χ1) is 8.61. The fraction of sp³-hybridized carbons (Fsp3) is 0.167. The van der Waals surface area contributed by atoms with Crippen molar-refractivity contribution in [2.24, 2.45) is 0 Å². The summed E-state index contributed by atoms with van der Waals surface area (Å²) in [6.45, 7) is 1.98. The molecule has 18 heavy (non-hydrogen) atoms. The summed E-state index contributed by atoms with van der Waals surface area (Å²) in [7, 11) is 0. The molecule has 0 amide bonds. The Morgan fingerprint density at radius 2 is 2.06 bits per heavy atom. The van der Waals surface area contributed by atoms with E-state index in [0.29, 0.717) is 17.4 Å². The van der Waals surface area contributed by atoms with Crippen LogP contribution >= 0.6 is 31.9 Å². The maximum atomic E-state index is 5.80. The first-order valence-electron chi connectivity index (χ1n) is 5.34. The number of nitrogen functional groups attached to an aromatic ring is 1. The summed E-state index contributed by atoms with van der Waals surface area (Å²) in [6.07, 6.45) is 2.12. The van der Waals surface area contributed by atoms with E-state index in [1.165, 1.54) is 6.33 Å². The molecule has 0 aliphatic rings. The first-order valence-corrected chi connectivity index (χ1v) is 6.92. The molecule has 0 aliphatic carbocycles. The van der Waals surface area contributed by atoms with Crippen LogP contribution in [0.1, 0.15) is 12.5 Å². The number of anilines is 1. The molecule has 0 fully saturated rings. The minimum atomic E-state index is 0.454. The molecule has 0 saturated carbocycles. The molecule has 0 aliphatic heterocycles. The summed E-state index contributed by atoms with van der Waals surface area (Å²) >= 11 is 6.83. The number of nitrogens with zero attached hydrogens (tertiary/aromatic N) is 2. The largest absolute Gasteiger partial charge is 0.437 e. The van der Waals surface area contributed by atoms with Gasteiger partial charge in [0.2, 0.25) is 5.88 Å². The molecule has 2 N–H and O–H groups in total. The van der Waals surface area contributed by atoms with E-state index in [2.05, 4.69) is 41.8 Å². The zero-order valence-electron chi connectivity index (χ0n) is 9.65. The van der Waals surface area contributed by atoms with E-state index < -0.39 is 0 Å². The van der Waals surface area contributed by atoms with Gasteiger partial charge < -0.3 is 10.5 Å². The fourth-order valence-electron chi connectivity index (χ4n) is 1.49. The number of aromatic nitrogens is 2. The van der Waals surface area contributed by atoms with Crippen LogP contribution in [0.3, 0.4) is 0 Å². The van der Waals surface area contributed by atoms with Crippen LogP contribution in [-0.4, -0.2) is 9.97 Å². The molecule has 1 aromatic heterocycles. The van der Waals surface area contributed by atoms with Crippen molar-refractivity contribution < 1.29 is 4.74 Å². The van der Waals surface area contributed by atoms with Crippen molar-refractivity contribution in [3.63, 3.8) is 0 Å². The summed E-state index contributed by atoms with van der Waals surface area (Å²) in [5.74, 6) is 1.63. The maximum Gasteiger partial charge on any atom is 0.227 e. The number of nitrogens with two attached hydrogens (primary N) is 1. The third-order valence-electron chi connectivity index (χ3n) is 2.39. The van der Waals surface area contributed by atoms with Gasteiger partial charge in [0.25, 0.3) is 0 Å². The van der Waals surface area contributed by atoms with Crippen LogP contribution in [-0.2, 0) is 6.42 Å². The van der Waals surface area contributed by atoms with E-state index >= 15 is 0 Å². The lowest BCUT2D eigenvalue weighted by molar-refractivity contribution is 0.453. The second kappa shape index (κ2) is 5.67. The average Bonchev–Trinajstić information content (AvgIpc) is 2.33. The summed E-state index contributed by atoms with van der Waals surface area (Å²) in [5.41, 5.74) is 6.61. The zero-order valence-corrected chi connectivity index (χ0v) is 12.8. The van der Waals surface area contributed by atoms with Crippen molar-refractivity contribution in [3.05, 3.63) is 39.0 Å². The highest BCUT2D eigenvalue weighted by atomic mass is 79.9. The smallest absolute Gasteiger partial charge is 0.227 e. The third kappa shape index (κ3) is 2.81. The first kappa shape index (κ1) is 13.3. The van der Waals surface area contributed by atoms with Crippen LogP contribution in [0.5, 0.6) is 11.6 Å². The molecular formula is C12H11Br2N3O. The number of rotatable bonds is 3. The summed E-state index contributed by atoms with van der Waals surface area (Å²) in [5, 5.41) is 0. The van der Waals surface area contributed by atoms with E-state index in [1.807, 2.05) is 25.1 Å². The molecule has 0 radical (unpaired) electrons. The Kier molecular flexibility index (Phi) is 4.19. The minimum Gasteiger partial charge on any atom is -0.437 e. The minimum absolute atomic E-state index is 0.454. The van der Waals surface area contributed by atoms with Crippen molar-refractivity contribution in [1.29, 1.82) is 0 Å². The van der Waals surface area contributed by atoms with Gasteiger partial charge >= 0.3 is 0 Å². The van der Waals surface area contributed by atoms with E-state index in [-0.39, 0.29) is 0 Å². The monoisotopic (exact) mass is 371 g/mol. The SMILES string of the molecule is CCc1c(N)ncnc1Oc1ccc(Br)cc1Br. The Morgan fingerprint density at radius 1 is 1.28 bits per heavy atom. The van der Waals surface area contributed by atoms with Gasteiger partial charge in [0, 0.05) is 4.47 Å². The van der Waals surface area contributed by atoms with Gasteiger partial charge in [0.05, 0.1) is 10.0 Å². The van der Waals surface area contributed by atoms with Crippen LogP contribution in [0.25, 0.3) is 0 Å². The average molecular weight is 373 g/mol. The highest BCUT2D eigenvalue weighted by Crippen LogP contribution is 2.33. The number of hydrogen-bond donors (Lipinski definition) is 1. The molecule has 4 nitrogen and oxygen atoms in total. The topological polar surface area (TPSA) is 61.0 Å². The Balaban J connectivity index is 2.37. The van der Waals surface area contributed by atoms with Crippen LogP contribution in [0.2, 0.25) is 0 Å². The van der Waals surface area contributed by atoms with Gasteiger partial charge in [-0.25, -0.2) is 9.97 Å². The van der Waals surface area contributed by atoms with Crippen molar-refractivity contribution in [3.8, 4) is 11.6 Å². The molecule has 2 rings (SSSR count). The standard InChI is InChI=1S/C12H11Br2N3O/c1-2-8-11(15)16-6-17-12(8)18-10-4-3-7(13)5-9(10)14/h3-6H,2H2,1H3,(H2,15,16,17). The highest BCUT2D eigenvalue weighted by molar-refractivity contribution is 9.11. The van der Waals surface area contributed by atoms with Crippen molar-refractivity contribution in [1.82, 2.24) is 9.97 Å². The Bertz CT molecular complexity index is 575. The van der Waals surface area contributed by atoms with Crippen LogP contribution in [0.15, 0.2) is 33.5 Å². The summed E-state index contributed by atoms with van der Waals surface area (Å²) in [4.78, 5) is 8.08. The van der Waals surface area contributed by atoms with Gasteiger partial charge in [-0.2, -0.15) is 0 Å². The normalized spacial score (nSPS) is 10.4. The summed E-state index contributed by atoms with van der Waals surface area (Å²) < 4.78 is 7.58. The second-order valence-corrected chi connectivity index (χ2v) is 5.34. The zero-order chi connectivity index (χ0) is 13.1. The van der Waals surface area contributed by atoms with Gasteiger partial charge in [-0.05, 0) is 40.5 Å².